The lowest BCUT2D eigenvalue weighted by Gasteiger charge is -2.21. The van der Waals surface area contributed by atoms with Gasteiger partial charge in [0.25, 0.3) is 0 Å². The van der Waals surface area contributed by atoms with Crippen LogP contribution in [0.5, 0.6) is 5.75 Å². The number of alkyl halides is 3. The molecule has 6 N–H and O–H groups in total. The number of halogens is 4. The van der Waals surface area contributed by atoms with E-state index in [0.29, 0.717) is 5.02 Å². The number of aliphatic hydroxyl groups is 3. The molecule has 11 heteroatoms. The van der Waals surface area contributed by atoms with Crippen LogP contribution in [0.4, 0.5) is 13.2 Å². The first-order chi connectivity index (χ1) is 14.0. The van der Waals surface area contributed by atoms with E-state index in [0.717, 1.165) is 18.2 Å². The largest absolute Gasteiger partial charge is 0.546 e. The second kappa shape index (κ2) is 11.1. The quantitative estimate of drug-likeness (QED) is 0.473. The second-order valence-electron chi connectivity index (χ2n) is 6.37. The zero-order valence-electron chi connectivity index (χ0n) is 15.6. The van der Waals surface area contributed by atoms with Gasteiger partial charge in [0.2, 0.25) is 0 Å². The van der Waals surface area contributed by atoms with E-state index >= 15 is 0 Å². The van der Waals surface area contributed by atoms with Crippen molar-refractivity contribution in [2.45, 2.75) is 17.8 Å². The molecule has 0 fully saturated rings. The van der Waals surface area contributed by atoms with Crippen molar-refractivity contribution in [3.63, 3.8) is 0 Å². The third kappa shape index (κ3) is 7.81. The minimum Gasteiger partial charge on any atom is -0.546 e. The van der Waals surface area contributed by atoms with Crippen LogP contribution in [0.15, 0.2) is 48.5 Å². The van der Waals surface area contributed by atoms with E-state index in [1.807, 2.05) is 0 Å². The molecular formula is C19H21ClF3NO6. The SMILES string of the molecule is O=C([O-])[C@H](Oc1cccc(C(F)(F)F)c1)c1ccc(Cl)cc1.[NH3+]C(CO)(CO)CO. The summed E-state index contributed by atoms with van der Waals surface area (Å²) in [6, 6.07) is 9.65. The maximum Gasteiger partial charge on any atom is 0.416 e. The zero-order chi connectivity index (χ0) is 22.9. The second-order valence-corrected chi connectivity index (χ2v) is 6.80. The molecule has 0 spiro atoms. The van der Waals surface area contributed by atoms with Gasteiger partial charge in [-0.25, -0.2) is 0 Å². The van der Waals surface area contributed by atoms with Gasteiger partial charge >= 0.3 is 6.18 Å². The lowest BCUT2D eigenvalue weighted by Crippen LogP contribution is -2.78. The average molecular weight is 452 g/mol. The summed E-state index contributed by atoms with van der Waals surface area (Å²) in [7, 11) is 0. The summed E-state index contributed by atoms with van der Waals surface area (Å²) < 4.78 is 43.0. The molecule has 166 valence electrons. The standard InChI is InChI=1S/C15H10ClF3O3.C4H11NO3/c16-11-6-4-9(5-7-11)13(14(20)21)22-12-3-1-2-10(8-12)15(17,18)19;5-4(1-6,2-7)3-8/h1-8,13H,(H,20,21);6-8H,1-3,5H2/t13-;/m1./s1. The van der Waals surface area contributed by atoms with Gasteiger partial charge in [-0.15, -0.1) is 0 Å². The Kier molecular flexibility index (Phi) is 9.53. The third-order valence-electron chi connectivity index (χ3n) is 3.81. The number of rotatable bonds is 7. The average Bonchev–Trinajstić information content (AvgIpc) is 2.72. The summed E-state index contributed by atoms with van der Waals surface area (Å²) in [4.78, 5) is 11.2. The molecule has 0 aromatic heterocycles. The van der Waals surface area contributed by atoms with Gasteiger partial charge in [-0.1, -0.05) is 29.8 Å². The van der Waals surface area contributed by atoms with E-state index in [9.17, 15) is 23.1 Å². The molecule has 0 amide bonds. The van der Waals surface area contributed by atoms with Crippen LogP contribution in [0.25, 0.3) is 0 Å². The van der Waals surface area contributed by atoms with Crippen LogP contribution in [0.3, 0.4) is 0 Å². The fourth-order valence-corrected chi connectivity index (χ4v) is 2.05. The molecule has 0 aliphatic heterocycles. The van der Waals surface area contributed by atoms with Gasteiger partial charge < -0.3 is 35.7 Å². The van der Waals surface area contributed by atoms with Crippen LogP contribution in [0, 0.1) is 0 Å². The Morgan fingerprint density at radius 2 is 1.60 bits per heavy atom. The Labute approximate surface area is 175 Å². The highest BCUT2D eigenvalue weighted by Gasteiger charge is 2.31. The van der Waals surface area contributed by atoms with E-state index in [1.54, 1.807) is 0 Å². The first-order valence-electron chi connectivity index (χ1n) is 8.44. The van der Waals surface area contributed by atoms with Gasteiger partial charge in [0.15, 0.2) is 11.6 Å². The van der Waals surface area contributed by atoms with Crippen molar-refractivity contribution in [1.82, 2.24) is 0 Å². The van der Waals surface area contributed by atoms with Crippen LogP contribution >= 0.6 is 11.6 Å². The number of aliphatic hydroxyl groups excluding tert-OH is 3. The van der Waals surface area contributed by atoms with E-state index in [-0.39, 0.29) is 31.1 Å². The maximum atomic E-state index is 12.6. The Morgan fingerprint density at radius 1 is 1.07 bits per heavy atom. The normalized spacial score (nSPS) is 12.5. The number of benzene rings is 2. The number of quaternary nitrogens is 1. The molecule has 0 saturated heterocycles. The Balaban J connectivity index is 0.000000479. The molecule has 0 bridgehead atoms. The van der Waals surface area contributed by atoms with Gasteiger partial charge in [0, 0.05) is 5.02 Å². The number of hydrogen-bond donors (Lipinski definition) is 4. The Bertz CT molecular complexity index is 804. The predicted molar refractivity (Wildman–Crippen MR) is 98.1 cm³/mol. The number of aliphatic carboxylic acids is 1. The maximum absolute atomic E-state index is 12.6. The van der Waals surface area contributed by atoms with Crippen molar-refractivity contribution in [3.8, 4) is 5.75 Å². The monoisotopic (exact) mass is 451 g/mol. The summed E-state index contributed by atoms with van der Waals surface area (Å²) in [5.41, 5.74) is 1.69. The van der Waals surface area contributed by atoms with Gasteiger partial charge in [0.05, 0.1) is 11.5 Å². The molecule has 2 aromatic rings. The molecule has 0 aliphatic carbocycles. The van der Waals surface area contributed by atoms with Crippen LogP contribution in [-0.2, 0) is 11.0 Å². The van der Waals surface area contributed by atoms with E-state index in [2.05, 4.69) is 5.73 Å². The molecular weight excluding hydrogens is 431 g/mol. The van der Waals surface area contributed by atoms with Crippen molar-refractivity contribution in [2.75, 3.05) is 19.8 Å². The van der Waals surface area contributed by atoms with E-state index < -0.39 is 29.4 Å². The van der Waals surface area contributed by atoms with Crippen molar-refractivity contribution in [2.24, 2.45) is 0 Å². The van der Waals surface area contributed by atoms with Crippen molar-refractivity contribution >= 4 is 17.6 Å². The summed E-state index contributed by atoms with van der Waals surface area (Å²) >= 11 is 5.70. The lowest BCUT2D eigenvalue weighted by atomic mass is 10.1. The van der Waals surface area contributed by atoms with Crippen LogP contribution in [-0.4, -0.2) is 46.6 Å². The molecule has 2 aromatic carbocycles. The van der Waals surface area contributed by atoms with Crippen LogP contribution in [0.1, 0.15) is 17.2 Å². The highest BCUT2D eigenvalue weighted by atomic mass is 35.5. The smallest absolute Gasteiger partial charge is 0.416 e. The molecule has 1 atom stereocenters. The zero-order valence-corrected chi connectivity index (χ0v) is 16.4. The highest BCUT2D eigenvalue weighted by molar-refractivity contribution is 6.30. The number of carbonyl (C=O) groups excluding carboxylic acids is 1. The van der Waals surface area contributed by atoms with Crippen molar-refractivity contribution in [3.05, 3.63) is 64.7 Å². The summed E-state index contributed by atoms with van der Waals surface area (Å²) in [5, 5.41) is 36.8. The lowest BCUT2D eigenvalue weighted by molar-refractivity contribution is -0.494. The summed E-state index contributed by atoms with van der Waals surface area (Å²) in [6.45, 7) is -0.875. The van der Waals surface area contributed by atoms with Crippen molar-refractivity contribution < 1.29 is 48.9 Å². The van der Waals surface area contributed by atoms with Gasteiger partial charge in [-0.3, -0.25) is 0 Å². The number of ether oxygens (including phenoxy) is 1. The number of carboxylic acid groups (broad SMARTS) is 1. The topological polar surface area (TPSA) is 138 Å². The molecule has 0 unspecified atom stereocenters. The van der Waals surface area contributed by atoms with E-state index in [4.69, 9.17) is 31.7 Å². The van der Waals surface area contributed by atoms with Gasteiger partial charge in [-0.2, -0.15) is 13.2 Å². The summed E-state index contributed by atoms with van der Waals surface area (Å²) in [5.74, 6) is -1.79. The minimum atomic E-state index is -4.55. The van der Waals surface area contributed by atoms with Crippen LogP contribution < -0.4 is 15.6 Å². The molecule has 0 saturated carbocycles. The Hall–Kier alpha value is -2.37. The van der Waals surface area contributed by atoms with Crippen molar-refractivity contribution in [1.29, 1.82) is 0 Å². The molecule has 30 heavy (non-hydrogen) atoms. The number of hydrogen-bond acceptors (Lipinski definition) is 6. The fraction of sp³-hybridized carbons (Fsp3) is 0.316. The molecule has 7 nitrogen and oxygen atoms in total. The third-order valence-corrected chi connectivity index (χ3v) is 4.06. The number of carboxylic acids is 1. The summed E-state index contributed by atoms with van der Waals surface area (Å²) in [6.07, 6.45) is -6.09. The first-order valence-corrected chi connectivity index (χ1v) is 8.81. The molecule has 0 aliphatic rings. The minimum absolute atomic E-state index is 0.210. The van der Waals surface area contributed by atoms with Gasteiger partial charge in [-0.05, 0) is 35.9 Å². The predicted octanol–water partition coefficient (Wildman–Crippen LogP) is 0.173. The molecule has 0 radical (unpaired) electrons. The van der Waals surface area contributed by atoms with Gasteiger partial charge in [0.1, 0.15) is 25.6 Å². The fourth-order valence-electron chi connectivity index (χ4n) is 1.92. The van der Waals surface area contributed by atoms with Crippen LogP contribution in [0.2, 0.25) is 5.02 Å². The molecule has 2 rings (SSSR count). The Morgan fingerprint density at radius 3 is 2.00 bits per heavy atom. The molecule has 0 heterocycles. The number of carbonyl (C=O) groups is 1. The first kappa shape index (κ1) is 25.7. The highest BCUT2D eigenvalue weighted by Crippen LogP contribution is 2.32. The van der Waals surface area contributed by atoms with E-state index in [1.165, 1.54) is 30.3 Å².